The summed E-state index contributed by atoms with van der Waals surface area (Å²) in [4.78, 5) is 10.6. The van der Waals surface area contributed by atoms with Gasteiger partial charge in [-0.15, -0.1) is 0 Å². The van der Waals surface area contributed by atoms with Crippen molar-refractivity contribution in [2.24, 2.45) is 0 Å². The van der Waals surface area contributed by atoms with Crippen LogP contribution in [0.3, 0.4) is 0 Å². The van der Waals surface area contributed by atoms with Crippen molar-refractivity contribution in [3.63, 3.8) is 0 Å². The highest BCUT2D eigenvalue weighted by atomic mass is 16.5. The maximum Gasteiger partial charge on any atom is 0.242 e. The minimum Gasteiger partial charge on any atom is -0.473 e. The molecule has 0 atom stereocenters. The number of rotatable bonds is 6. The third-order valence-corrected chi connectivity index (χ3v) is 4.01. The Kier molecular flexibility index (Phi) is 4.32. The molecule has 6 nitrogen and oxygen atoms in total. The molecule has 0 aliphatic heterocycles. The van der Waals surface area contributed by atoms with Gasteiger partial charge in [0.25, 0.3) is 0 Å². The van der Waals surface area contributed by atoms with E-state index in [0.717, 1.165) is 6.54 Å². The molecule has 1 aromatic rings. The van der Waals surface area contributed by atoms with E-state index in [-0.39, 0.29) is 11.6 Å². The Bertz CT molecular complexity index is 457. The Labute approximate surface area is 120 Å². The van der Waals surface area contributed by atoms with E-state index in [1.807, 2.05) is 13.8 Å². The molecule has 1 aliphatic carbocycles. The van der Waals surface area contributed by atoms with E-state index in [9.17, 15) is 0 Å². The van der Waals surface area contributed by atoms with Crippen molar-refractivity contribution in [3.05, 3.63) is 6.33 Å². The standard InChI is InChI=1S/C14H25N5O/c1-10(2)20-13-11(15)12(17-9-18-13)16-8-14(19(3)4)6-5-7-14/h9-10H,5-8,15H2,1-4H3,(H,16,17,18). The zero-order valence-electron chi connectivity index (χ0n) is 12.8. The molecule has 1 saturated carbocycles. The van der Waals surface area contributed by atoms with Crippen LogP contribution in [0.15, 0.2) is 6.33 Å². The SMILES string of the molecule is CC(C)Oc1ncnc(NCC2(N(C)C)CCC2)c1N. The molecule has 0 bridgehead atoms. The Morgan fingerprint density at radius 3 is 2.60 bits per heavy atom. The molecule has 2 rings (SSSR count). The summed E-state index contributed by atoms with van der Waals surface area (Å²) in [5.41, 5.74) is 6.77. The van der Waals surface area contributed by atoms with E-state index < -0.39 is 0 Å². The van der Waals surface area contributed by atoms with Crippen LogP contribution in [0.2, 0.25) is 0 Å². The molecular formula is C14H25N5O. The number of nitrogen functional groups attached to an aromatic ring is 1. The molecule has 3 N–H and O–H groups in total. The first kappa shape index (κ1) is 14.8. The Morgan fingerprint density at radius 1 is 1.40 bits per heavy atom. The van der Waals surface area contributed by atoms with Gasteiger partial charge >= 0.3 is 0 Å². The number of nitrogens with two attached hydrogens (primary N) is 1. The van der Waals surface area contributed by atoms with Crippen LogP contribution in [0.5, 0.6) is 5.88 Å². The molecular weight excluding hydrogens is 254 g/mol. The number of nitrogens with zero attached hydrogens (tertiary/aromatic N) is 3. The van der Waals surface area contributed by atoms with Gasteiger partial charge < -0.3 is 20.7 Å². The van der Waals surface area contributed by atoms with Gasteiger partial charge in [0.2, 0.25) is 5.88 Å². The van der Waals surface area contributed by atoms with Crippen LogP contribution in [0, 0.1) is 0 Å². The van der Waals surface area contributed by atoms with Gasteiger partial charge in [-0.1, -0.05) is 0 Å². The molecule has 6 heteroatoms. The van der Waals surface area contributed by atoms with Gasteiger partial charge in [-0.2, -0.15) is 4.98 Å². The monoisotopic (exact) mass is 279 g/mol. The highest BCUT2D eigenvalue weighted by molar-refractivity contribution is 5.66. The molecule has 0 spiro atoms. The molecule has 20 heavy (non-hydrogen) atoms. The topological polar surface area (TPSA) is 76.3 Å². The van der Waals surface area contributed by atoms with Crippen molar-refractivity contribution in [3.8, 4) is 5.88 Å². The highest BCUT2D eigenvalue weighted by Crippen LogP contribution is 2.36. The van der Waals surface area contributed by atoms with E-state index in [1.54, 1.807) is 0 Å². The Hall–Kier alpha value is -1.56. The molecule has 1 aromatic heterocycles. The van der Waals surface area contributed by atoms with Crippen molar-refractivity contribution in [1.82, 2.24) is 14.9 Å². The largest absolute Gasteiger partial charge is 0.473 e. The lowest BCUT2D eigenvalue weighted by Gasteiger charge is -2.47. The first-order valence-electron chi connectivity index (χ1n) is 7.13. The van der Waals surface area contributed by atoms with Gasteiger partial charge in [0.1, 0.15) is 12.0 Å². The van der Waals surface area contributed by atoms with Crippen molar-refractivity contribution >= 4 is 11.5 Å². The normalized spacial score (nSPS) is 17.1. The van der Waals surface area contributed by atoms with Crippen molar-refractivity contribution in [1.29, 1.82) is 0 Å². The first-order valence-corrected chi connectivity index (χ1v) is 7.13. The molecule has 1 heterocycles. The Morgan fingerprint density at radius 2 is 2.10 bits per heavy atom. The molecule has 112 valence electrons. The second-order valence-corrected chi connectivity index (χ2v) is 5.93. The van der Waals surface area contributed by atoms with Gasteiger partial charge in [0, 0.05) is 12.1 Å². The number of hydrogen-bond acceptors (Lipinski definition) is 6. The molecule has 0 radical (unpaired) electrons. The maximum absolute atomic E-state index is 6.07. The van der Waals surface area contributed by atoms with Crippen LogP contribution >= 0.6 is 0 Å². The summed E-state index contributed by atoms with van der Waals surface area (Å²) < 4.78 is 5.58. The molecule has 1 fully saturated rings. The predicted molar refractivity (Wildman–Crippen MR) is 81.0 cm³/mol. The average molecular weight is 279 g/mol. The lowest BCUT2D eigenvalue weighted by Crippen LogP contribution is -2.54. The van der Waals surface area contributed by atoms with Crippen molar-refractivity contribution in [2.75, 3.05) is 31.7 Å². The van der Waals surface area contributed by atoms with E-state index in [0.29, 0.717) is 17.4 Å². The Balaban J connectivity index is 2.06. The summed E-state index contributed by atoms with van der Waals surface area (Å²) in [5.74, 6) is 1.11. The fourth-order valence-corrected chi connectivity index (χ4v) is 2.45. The van der Waals surface area contributed by atoms with E-state index >= 15 is 0 Å². The fraction of sp³-hybridized carbons (Fsp3) is 0.714. The second kappa shape index (κ2) is 5.83. The van der Waals surface area contributed by atoms with Crippen LogP contribution in [-0.2, 0) is 0 Å². The zero-order chi connectivity index (χ0) is 14.8. The lowest BCUT2D eigenvalue weighted by atomic mass is 9.75. The van der Waals surface area contributed by atoms with Gasteiger partial charge in [0.15, 0.2) is 5.82 Å². The first-order chi connectivity index (χ1) is 9.44. The summed E-state index contributed by atoms with van der Waals surface area (Å²) in [6.45, 7) is 4.73. The quantitative estimate of drug-likeness (QED) is 0.826. The van der Waals surface area contributed by atoms with Crippen LogP contribution < -0.4 is 15.8 Å². The number of aromatic nitrogens is 2. The van der Waals surface area contributed by atoms with Crippen LogP contribution in [-0.4, -0.2) is 47.2 Å². The van der Waals surface area contributed by atoms with Crippen LogP contribution in [0.4, 0.5) is 11.5 Å². The zero-order valence-corrected chi connectivity index (χ0v) is 12.8. The van der Waals surface area contributed by atoms with Crippen molar-refractivity contribution in [2.45, 2.75) is 44.8 Å². The molecule has 0 amide bonds. The van der Waals surface area contributed by atoms with Crippen molar-refractivity contribution < 1.29 is 4.74 Å². The maximum atomic E-state index is 6.07. The average Bonchev–Trinajstić information content (AvgIpc) is 2.31. The molecule has 0 unspecified atom stereocenters. The number of hydrogen-bond donors (Lipinski definition) is 2. The third kappa shape index (κ3) is 2.95. The summed E-state index contributed by atoms with van der Waals surface area (Å²) in [5, 5.41) is 3.35. The molecule has 0 saturated heterocycles. The summed E-state index contributed by atoms with van der Waals surface area (Å²) >= 11 is 0. The number of likely N-dealkylation sites (N-methyl/N-ethyl adjacent to an activating group) is 1. The summed E-state index contributed by atoms with van der Waals surface area (Å²) in [6.07, 6.45) is 5.21. The molecule has 0 aromatic carbocycles. The van der Waals surface area contributed by atoms with E-state index in [2.05, 4.69) is 34.3 Å². The predicted octanol–water partition coefficient (Wildman–Crippen LogP) is 1.74. The summed E-state index contributed by atoms with van der Waals surface area (Å²) in [6, 6.07) is 0. The fourth-order valence-electron chi connectivity index (χ4n) is 2.45. The van der Waals surface area contributed by atoms with E-state index in [4.69, 9.17) is 10.5 Å². The van der Waals surface area contributed by atoms with Gasteiger partial charge in [0.05, 0.1) is 6.10 Å². The number of nitrogens with one attached hydrogen (secondary N) is 1. The van der Waals surface area contributed by atoms with Gasteiger partial charge in [-0.3, -0.25) is 0 Å². The van der Waals surface area contributed by atoms with E-state index in [1.165, 1.54) is 25.6 Å². The number of ether oxygens (including phenoxy) is 1. The highest BCUT2D eigenvalue weighted by Gasteiger charge is 2.38. The second-order valence-electron chi connectivity index (χ2n) is 5.93. The van der Waals surface area contributed by atoms with Gasteiger partial charge in [-0.25, -0.2) is 4.98 Å². The number of anilines is 2. The van der Waals surface area contributed by atoms with Gasteiger partial charge in [-0.05, 0) is 47.2 Å². The summed E-state index contributed by atoms with van der Waals surface area (Å²) in [7, 11) is 4.24. The van der Waals surface area contributed by atoms with Crippen LogP contribution in [0.1, 0.15) is 33.1 Å². The minimum atomic E-state index is 0.0415. The minimum absolute atomic E-state index is 0.0415. The van der Waals surface area contributed by atoms with Crippen LogP contribution in [0.25, 0.3) is 0 Å². The third-order valence-electron chi connectivity index (χ3n) is 4.01. The lowest BCUT2D eigenvalue weighted by molar-refractivity contribution is 0.0738. The molecule has 1 aliphatic rings. The smallest absolute Gasteiger partial charge is 0.242 e.